The van der Waals surface area contributed by atoms with E-state index in [4.69, 9.17) is 28.3 Å². The monoisotopic (exact) mass is 323 g/mol. The minimum Gasteiger partial charge on any atom is -0.478 e. The summed E-state index contributed by atoms with van der Waals surface area (Å²) in [5, 5.41) is 12.3. The fourth-order valence-corrected chi connectivity index (χ4v) is 2.28. The molecule has 0 bridgehead atoms. The largest absolute Gasteiger partial charge is 0.478 e. The molecule has 108 valence electrons. The second kappa shape index (κ2) is 6.61. The van der Waals surface area contributed by atoms with Crippen LogP contribution in [0.2, 0.25) is 10.0 Å². The van der Waals surface area contributed by atoms with Gasteiger partial charge >= 0.3 is 5.97 Å². The van der Waals surface area contributed by atoms with Crippen molar-refractivity contribution >= 4 is 40.8 Å². The zero-order valence-corrected chi connectivity index (χ0v) is 12.3. The summed E-state index contributed by atoms with van der Waals surface area (Å²) in [7, 11) is 0. The van der Waals surface area contributed by atoms with Crippen LogP contribution in [0.25, 0.3) is 0 Å². The first kappa shape index (κ1) is 15.4. The molecule has 0 aromatic heterocycles. The van der Waals surface area contributed by atoms with E-state index >= 15 is 0 Å². The number of hydrogen-bond donors (Lipinski definition) is 2. The van der Waals surface area contributed by atoms with Gasteiger partial charge in [-0.15, -0.1) is 0 Å². The number of carbonyl (C=O) groups is 2. The molecule has 2 rings (SSSR count). The number of hydrogen-bond acceptors (Lipinski definition) is 2. The number of amides is 1. The number of aromatic carboxylic acids is 1. The van der Waals surface area contributed by atoms with Gasteiger partial charge in [-0.05, 0) is 29.8 Å². The number of carbonyl (C=O) groups excluding carboxylic acids is 1. The molecule has 2 N–H and O–H groups in total. The number of carboxylic acid groups (broad SMARTS) is 1. The number of halogens is 2. The number of benzene rings is 2. The molecule has 1 amide bonds. The Balaban J connectivity index is 2.18. The van der Waals surface area contributed by atoms with Crippen molar-refractivity contribution in [3.63, 3.8) is 0 Å². The summed E-state index contributed by atoms with van der Waals surface area (Å²) in [4.78, 5) is 23.1. The van der Waals surface area contributed by atoms with E-state index in [0.717, 1.165) is 5.56 Å². The summed E-state index contributed by atoms with van der Waals surface area (Å²) in [6.07, 6.45) is 0.0742. The van der Waals surface area contributed by atoms with E-state index in [0.29, 0.717) is 5.02 Å². The van der Waals surface area contributed by atoms with E-state index in [-0.39, 0.29) is 28.6 Å². The van der Waals surface area contributed by atoms with Crippen molar-refractivity contribution in [2.45, 2.75) is 6.42 Å². The molecule has 0 atom stereocenters. The zero-order valence-electron chi connectivity index (χ0n) is 10.8. The van der Waals surface area contributed by atoms with Crippen LogP contribution in [-0.4, -0.2) is 17.0 Å². The van der Waals surface area contributed by atoms with Gasteiger partial charge in [0.1, 0.15) is 0 Å². The normalized spacial score (nSPS) is 10.2. The SMILES string of the molecule is O=C(Cc1cccc(Cl)c1)Nc1c(Cl)cccc1C(=O)O. The van der Waals surface area contributed by atoms with Crippen LogP contribution in [0.5, 0.6) is 0 Å². The molecule has 0 aliphatic rings. The van der Waals surface area contributed by atoms with E-state index < -0.39 is 5.97 Å². The molecule has 2 aromatic carbocycles. The first-order valence-electron chi connectivity index (χ1n) is 6.03. The van der Waals surface area contributed by atoms with Crippen LogP contribution >= 0.6 is 23.2 Å². The summed E-state index contributed by atoms with van der Waals surface area (Å²) in [5.74, 6) is -1.52. The lowest BCUT2D eigenvalue weighted by molar-refractivity contribution is -0.115. The van der Waals surface area contributed by atoms with E-state index in [9.17, 15) is 9.59 Å². The first-order valence-corrected chi connectivity index (χ1v) is 6.79. The molecule has 0 spiro atoms. The second-order valence-electron chi connectivity index (χ2n) is 4.32. The maximum atomic E-state index is 12.0. The van der Waals surface area contributed by atoms with Crippen LogP contribution in [0.1, 0.15) is 15.9 Å². The molecular weight excluding hydrogens is 313 g/mol. The summed E-state index contributed by atoms with van der Waals surface area (Å²) in [6.45, 7) is 0. The van der Waals surface area contributed by atoms with Gasteiger partial charge < -0.3 is 10.4 Å². The van der Waals surface area contributed by atoms with Crippen molar-refractivity contribution in [2.75, 3.05) is 5.32 Å². The third-order valence-electron chi connectivity index (χ3n) is 2.76. The predicted octanol–water partition coefficient (Wildman–Crippen LogP) is 3.87. The Morgan fingerprint density at radius 1 is 1.10 bits per heavy atom. The lowest BCUT2D eigenvalue weighted by Crippen LogP contribution is -2.17. The fourth-order valence-electron chi connectivity index (χ4n) is 1.85. The summed E-state index contributed by atoms with van der Waals surface area (Å²) < 4.78 is 0. The predicted molar refractivity (Wildman–Crippen MR) is 82.2 cm³/mol. The van der Waals surface area contributed by atoms with Gasteiger partial charge in [0.15, 0.2) is 0 Å². The Bertz CT molecular complexity index is 701. The molecule has 21 heavy (non-hydrogen) atoms. The average Bonchev–Trinajstić information content (AvgIpc) is 2.40. The molecule has 0 unspecified atom stereocenters. The standard InChI is InChI=1S/C15H11Cl2NO3/c16-10-4-1-3-9(7-10)8-13(19)18-14-11(15(20)21)5-2-6-12(14)17/h1-7H,8H2,(H,18,19)(H,20,21). The van der Waals surface area contributed by atoms with Gasteiger partial charge in [-0.3, -0.25) is 4.79 Å². The second-order valence-corrected chi connectivity index (χ2v) is 5.17. The van der Waals surface area contributed by atoms with Gasteiger partial charge in [-0.1, -0.05) is 41.4 Å². The van der Waals surface area contributed by atoms with Crippen LogP contribution in [0.15, 0.2) is 42.5 Å². The molecule has 6 heteroatoms. The van der Waals surface area contributed by atoms with Crippen LogP contribution in [0, 0.1) is 0 Å². The van der Waals surface area contributed by atoms with Crippen LogP contribution < -0.4 is 5.32 Å². The van der Waals surface area contributed by atoms with Crippen LogP contribution in [-0.2, 0) is 11.2 Å². The van der Waals surface area contributed by atoms with Crippen molar-refractivity contribution in [3.8, 4) is 0 Å². The van der Waals surface area contributed by atoms with Gasteiger partial charge in [-0.25, -0.2) is 4.79 Å². The highest BCUT2D eigenvalue weighted by Crippen LogP contribution is 2.26. The maximum absolute atomic E-state index is 12.0. The lowest BCUT2D eigenvalue weighted by atomic mass is 10.1. The van der Waals surface area contributed by atoms with Crippen molar-refractivity contribution < 1.29 is 14.7 Å². The molecular formula is C15H11Cl2NO3. The molecule has 0 saturated carbocycles. The van der Waals surface area contributed by atoms with E-state index in [2.05, 4.69) is 5.32 Å². The van der Waals surface area contributed by atoms with E-state index in [1.54, 1.807) is 24.3 Å². The molecule has 0 aliphatic carbocycles. The van der Waals surface area contributed by atoms with Crippen LogP contribution in [0.3, 0.4) is 0 Å². The van der Waals surface area contributed by atoms with Gasteiger partial charge in [0.25, 0.3) is 0 Å². The molecule has 0 fully saturated rings. The Labute approximate surface area is 131 Å². The van der Waals surface area contributed by atoms with Crippen LogP contribution in [0.4, 0.5) is 5.69 Å². The van der Waals surface area contributed by atoms with E-state index in [1.165, 1.54) is 18.2 Å². The average molecular weight is 324 g/mol. The summed E-state index contributed by atoms with van der Waals surface area (Å²) in [6, 6.07) is 11.3. The third kappa shape index (κ3) is 3.97. The Kier molecular flexibility index (Phi) is 4.83. The molecule has 0 radical (unpaired) electrons. The molecule has 2 aromatic rings. The summed E-state index contributed by atoms with van der Waals surface area (Å²) in [5.41, 5.74) is 0.768. The quantitative estimate of drug-likeness (QED) is 0.897. The number of anilines is 1. The molecule has 0 aliphatic heterocycles. The Hall–Kier alpha value is -2.04. The minimum absolute atomic E-state index is 0.0538. The lowest BCUT2D eigenvalue weighted by Gasteiger charge is -2.10. The van der Waals surface area contributed by atoms with Gasteiger partial charge in [-0.2, -0.15) is 0 Å². The smallest absolute Gasteiger partial charge is 0.337 e. The fraction of sp³-hybridized carbons (Fsp3) is 0.0667. The Morgan fingerprint density at radius 2 is 1.81 bits per heavy atom. The van der Waals surface area contributed by atoms with Crippen molar-refractivity contribution in [1.82, 2.24) is 0 Å². The number of carboxylic acids is 1. The van der Waals surface area contributed by atoms with E-state index in [1.807, 2.05) is 0 Å². The highest BCUT2D eigenvalue weighted by atomic mass is 35.5. The molecule has 0 heterocycles. The number of rotatable bonds is 4. The first-order chi connectivity index (χ1) is 9.97. The molecule has 4 nitrogen and oxygen atoms in total. The third-order valence-corrected chi connectivity index (χ3v) is 3.31. The zero-order chi connectivity index (χ0) is 15.4. The Morgan fingerprint density at radius 3 is 2.48 bits per heavy atom. The van der Waals surface area contributed by atoms with Crippen molar-refractivity contribution in [3.05, 3.63) is 63.6 Å². The topological polar surface area (TPSA) is 66.4 Å². The number of para-hydroxylation sites is 1. The van der Waals surface area contributed by atoms with Gasteiger partial charge in [0, 0.05) is 5.02 Å². The van der Waals surface area contributed by atoms with Gasteiger partial charge in [0.2, 0.25) is 5.91 Å². The highest BCUT2D eigenvalue weighted by Gasteiger charge is 2.15. The maximum Gasteiger partial charge on any atom is 0.337 e. The van der Waals surface area contributed by atoms with Crippen molar-refractivity contribution in [1.29, 1.82) is 0 Å². The van der Waals surface area contributed by atoms with Crippen molar-refractivity contribution in [2.24, 2.45) is 0 Å². The minimum atomic E-state index is -1.16. The highest BCUT2D eigenvalue weighted by molar-refractivity contribution is 6.34. The number of nitrogens with one attached hydrogen (secondary N) is 1. The summed E-state index contributed by atoms with van der Waals surface area (Å²) >= 11 is 11.8. The van der Waals surface area contributed by atoms with Gasteiger partial charge in [0.05, 0.1) is 22.7 Å². The molecule has 0 saturated heterocycles.